The van der Waals surface area contributed by atoms with Crippen molar-refractivity contribution in [2.24, 2.45) is 0 Å². The van der Waals surface area contributed by atoms with Crippen LogP contribution in [0.4, 0.5) is 5.82 Å². The van der Waals surface area contributed by atoms with Crippen LogP contribution in [0, 0.1) is 0 Å². The van der Waals surface area contributed by atoms with Crippen molar-refractivity contribution in [1.29, 1.82) is 0 Å². The molecule has 0 aliphatic heterocycles. The zero-order valence-electron chi connectivity index (χ0n) is 11.7. The number of anilines is 1. The highest BCUT2D eigenvalue weighted by Crippen LogP contribution is 2.27. The molecule has 0 fully saturated rings. The topological polar surface area (TPSA) is 47.0 Å². The second-order valence-electron chi connectivity index (χ2n) is 4.39. The third-order valence-electron chi connectivity index (χ3n) is 2.75. The van der Waals surface area contributed by atoms with E-state index < -0.39 is 0 Å². The highest BCUT2D eigenvalue weighted by molar-refractivity contribution is 6.33. The van der Waals surface area contributed by atoms with E-state index in [4.69, 9.17) is 16.3 Å². The highest BCUT2D eigenvalue weighted by atomic mass is 35.5. The lowest BCUT2D eigenvalue weighted by Crippen LogP contribution is -2.06. The summed E-state index contributed by atoms with van der Waals surface area (Å²) < 4.78 is 5.12. The quantitative estimate of drug-likeness (QED) is 0.880. The molecule has 0 aliphatic carbocycles. The number of rotatable bonds is 6. The predicted molar refractivity (Wildman–Crippen MR) is 82.0 cm³/mol. The number of halogens is 1. The smallest absolute Gasteiger partial charge is 0.157 e. The van der Waals surface area contributed by atoms with Gasteiger partial charge in [-0.1, -0.05) is 36.7 Å². The van der Waals surface area contributed by atoms with Crippen LogP contribution in [0.3, 0.4) is 0 Å². The Morgan fingerprint density at radius 3 is 2.75 bits per heavy atom. The first-order valence-electron chi connectivity index (χ1n) is 6.60. The highest BCUT2D eigenvalue weighted by Gasteiger charge is 2.09. The fourth-order valence-electron chi connectivity index (χ4n) is 1.84. The first-order valence-corrected chi connectivity index (χ1v) is 6.98. The van der Waals surface area contributed by atoms with Crippen LogP contribution in [0.15, 0.2) is 30.3 Å². The van der Waals surface area contributed by atoms with Crippen molar-refractivity contribution in [3.63, 3.8) is 0 Å². The Balaban J connectivity index is 2.40. The van der Waals surface area contributed by atoms with E-state index in [0.717, 1.165) is 30.0 Å². The Kier molecular flexibility index (Phi) is 5.32. The van der Waals surface area contributed by atoms with E-state index in [2.05, 4.69) is 22.2 Å². The van der Waals surface area contributed by atoms with Crippen molar-refractivity contribution < 1.29 is 4.74 Å². The summed E-state index contributed by atoms with van der Waals surface area (Å²) in [5, 5.41) is 3.95. The summed E-state index contributed by atoms with van der Waals surface area (Å²) >= 11 is 6.23. The summed E-state index contributed by atoms with van der Waals surface area (Å²) in [5.41, 5.74) is 1.70. The lowest BCUT2D eigenvalue weighted by Gasteiger charge is -2.10. The lowest BCUT2D eigenvalue weighted by molar-refractivity contribution is 0.178. The fraction of sp³-hybridized carbons (Fsp3) is 0.333. The zero-order valence-corrected chi connectivity index (χ0v) is 12.4. The Morgan fingerprint density at radius 1 is 1.25 bits per heavy atom. The van der Waals surface area contributed by atoms with Crippen molar-refractivity contribution in [1.82, 2.24) is 9.97 Å². The van der Waals surface area contributed by atoms with Crippen molar-refractivity contribution in [2.75, 3.05) is 19.0 Å². The molecule has 20 heavy (non-hydrogen) atoms. The average Bonchev–Trinajstić information content (AvgIpc) is 2.46. The maximum atomic E-state index is 6.23. The molecule has 1 N–H and O–H groups in total. The van der Waals surface area contributed by atoms with E-state index >= 15 is 0 Å². The maximum Gasteiger partial charge on any atom is 0.157 e. The molecule has 0 atom stereocenters. The van der Waals surface area contributed by atoms with E-state index in [0.29, 0.717) is 17.5 Å². The average molecular weight is 292 g/mol. The van der Waals surface area contributed by atoms with E-state index in [9.17, 15) is 0 Å². The molecule has 0 unspecified atom stereocenters. The van der Waals surface area contributed by atoms with Gasteiger partial charge in [-0.2, -0.15) is 0 Å². The standard InChI is InChI=1S/C15H18ClN3O/c1-3-8-17-14-9-13(18-15(19-14)10-20-2)11-6-4-5-7-12(11)16/h4-7,9H,3,8,10H2,1-2H3,(H,17,18,19). The van der Waals surface area contributed by atoms with Crippen molar-refractivity contribution in [2.45, 2.75) is 20.0 Å². The molecule has 0 saturated carbocycles. The Morgan fingerprint density at radius 2 is 2.05 bits per heavy atom. The molecule has 5 heteroatoms. The molecule has 4 nitrogen and oxygen atoms in total. The van der Waals surface area contributed by atoms with Gasteiger partial charge in [0.25, 0.3) is 0 Å². The van der Waals surface area contributed by atoms with Gasteiger partial charge in [0.05, 0.1) is 5.69 Å². The third kappa shape index (κ3) is 3.68. The summed E-state index contributed by atoms with van der Waals surface area (Å²) in [6.45, 7) is 3.35. The van der Waals surface area contributed by atoms with E-state index in [1.807, 2.05) is 30.3 Å². The van der Waals surface area contributed by atoms with Crippen molar-refractivity contribution in [3.05, 3.63) is 41.2 Å². The number of aromatic nitrogens is 2. The molecular weight excluding hydrogens is 274 g/mol. The number of benzene rings is 1. The van der Waals surface area contributed by atoms with Crippen LogP contribution in [0.5, 0.6) is 0 Å². The first-order chi connectivity index (χ1) is 9.74. The van der Waals surface area contributed by atoms with Gasteiger partial charge in [-0.25, -0.2) is 9.97 Å². The van der Waals surface area contributed by atoms with Crippen LogP contribution in [-0.2, 0) is 11.3 Å². The van der Waals surface area contributed by atoms with Crippen LogP contribution in [-0.4, -0.2) is 23.6 Å². The van der Waals surface area contributed by atoms with Crippen LogP contribution in [0.1, 0.15) is 19.2 Å². The number of nitrogens with zero attached hydrogens (tertiary/aromatic N) is 2. The van der Waals surface area contributed by atoms with Gasteiger partial charge < -0.3 is 10.1 Å². The lowest BCUT2D eigenvalue weighted by atomic mass is 10.1. The van der Waals surface area contributed by atoms with Crippen molar-refractivity contribution >= 4 is 17.4 Å². The number of hydrogen-bond acceptors (Lipinski definition) is 4. The molecule has 1 aromatic heterocycles. The van der Waals surface area contributed by atoms with Gasteiger partial charge >= 0.3 is 0 Å². The minimum atomic E-state index is 0.374. The van der Waals surface area contributed by atoms with Crippen molar-refractivity contribution in [3.8, 4) is 11.3 Å². The second-order valence-corrected chi connectivity index (χ2v) is 4.80. The van der Waals surface area contributed by atoms with Gasteiger partial charge in [0, 0.05) is 30.3 Å². The summed E-state index contributed by atoms with van der Waals surface area (Å²) in [6.07, 6.45) is 1.03. The molecule has 0 bridgehead atoms. The van der Waals surface area contributed by atoms with Crippen LogP contribution >= 0.6 is 11.6 Å². The molecule has 106 valence electrons. The largest absolute Gasteiger partial charge is 0.377 e. The van der Waals surface area contributed by atoms with E-state index in [1.54, 1.807) is 7.11 Å². The molecule has 0 aliphatic rings. The number of ether oxygens (including phenoxy) is 1. The molecule has 0 amide bonds. The second kappa shape index (κ2) is 7.22. The SMILES string of the molecule is CCCNc1cc(-c2ccccc2Cl)nc(COC)n1. The molecule has 2 rings (SSSR count). The zero-order chi connectivity index (χ0) is 14.4. The minimum Gasteiger partial charge on any atom is -0.377 e. The van der Waals surface area contributed by atoms with Crippen LogP contribution in [0.2, 0.25) is 5.02 Å². The predicted octanol–water partition coefficient (Wildman–Crippen LogP) is 3.77. The number of hydrogen-bond donors (Lipinski definition) is 1. The number of nitrogens with one attached hydrogen (secondary N) is 1. The first kappa shape index (κ1) is 14.8. The monoisotopic (exact) mass is 291 g/mol. The summed E-state index contributed by atoms with van der Waals surface area (Å²) in [5.74, 6) is 1.44. The van der Waals surface area contributed by atoms with Crippen LogP contribution in [0.25, 0.3) is 11.3 Å². The minimum absolute atomic E-state index is 0.374. The van der Waals surface area contributed by atoms with Gasteiger partial charge in [-0.05, 0) is 12.5 Å². The summed E-state index contributed by atoms with van der Waals surface area (Å²) in [4.78, 5) is 8.93. The maximum absolute atomic E-state index is 6.23. The van der Waals surface area contributed by atoms with Gasteiger partial charge in [0.2, 0.25) is 0 Å². The van der Waals surface area contributed by atoms with Gasteiger partial charge in [-0.15, -0.1) is 0 Å². The molecule has 1 aromatic carbocycles. The van der Waals surface area contributed by atoms with Gasteiger partial charge in [0.1, 0.15) is 12.4 Å². The molecule has 0 saturated heterocycles. The van der Waals surface area contributed by atoms with Gasteiger partial charge in [-0.3, -0.25) is 0 Å². The summed E-state index contributed by atoms with van der Waals surface area (Å²) in [6, 6.07) is 9.56. The van der Waals surface area contributed by atoms with Crippen LogP contribution < -0.4 is 5.32 Å². The molecule has 1 heterocycles. The molecule has 0 radical (unpaired) electrons. The normalized spacial score (nSPS) is 10.6. The number of methoxy groups -OCH3 is 1. The molecular formula is C15H18ClN3O. The van der Waals surface area contributed by atoms with E-state index in [-0.39, 0.29) is 0 Å². The Hall–Kier alpha value is -1.65. The Labute approximate surface area is 124 Å². The van der Waals surface area contributed by atoms with Gasteiger partial charge in [0.15, 0.2) is 5.82 Å². The molecule has 0 spiro atoms. The third-order valence-corrected chi connectivity index (χ3v) is 3.08. The Bertz CT molecular complexity index is 575. The summed E-state index contributed by atoms with van der Waals surface area (Å²) in [7, 11) is 1.63. The van der Waals surface area contributed by atoms with E-state index in [1.165, 1.54) is 0 Å². The molecule has 2 aromatic rings. The fourth-order valence-corrected chi connectivity index (χ4v) is 2.07.